The first kappa shape index (κ1) is 27.6. The first-order valence-electron chi connectivity index (χ1n) is 13.2. The Bertz CT molecular complexity index is 1440. The summed E-state index contributed by atoms with van der Waals surface area (Å²) in [6.45, 7) is 7.61. The van der Waals surface area contributed by atoms with Crippen LogP contribution < -0.4 is 5.32 Å². The van der Waals surface area contributed by atoms with Gasteiger partial charge in [-0.25, -0.2) is 14.0 Å². The van der Waals surface area contributed by atoms with Crippen molar-refractivity contribution in [2.24, 2.45) is 0 Å². The number of fused-ring (bicyclic) bond motifs is 3. The van der Waals surface area contributed by atoms with Crippen LogP contribution in [0, 0.1) is 5.82 Å². The predicted octanol–water partition coefficient (Wildman–Crippen LogP) is 6.08. The summed E-state index contributed by atoms with van der Waals surface area (Å²) in [5.41, 5.74) is 3.10. The van der Waals surface area contributed by atoms with Gasteiger partial charge in [-0.2, -0.15) is 0 Å². The third-order valence-electron chi connectivity index (χ3n) is 7.94. The number of carbonyl (C=O) groups excluding carboxylic acids is 1. The summed E-state index contributed by atoms with van der Waals surface area (Å²) < 4.78 is 32.9. The maximum absolute atomic E-state index is 15.0. The Morgan fingerprint density at radius 2 is 1.52 bits per heavy atom. The summed E-state index contributed by atoms with van der Waals surface area (Å²) in [5, 5.41) is 12.1. The summed E-state index contributed by atoms with van der Waals surface area (Å²) in [6, 6.07) is 20.2. The van der Waals surface area contributed by atoms with Crippen LogP contribution in [0.4, 0.5) is 9.18 Å². The first-order chi connectivity index (χ1) is 19.0. The summed E-state index contributed by atoms with van der Waals surface area (Å²) in [5.74, 6) is -2.35. The minimum Gasteiger partial charge on any atom is -0.478 e. The van der Waals surface area contributed by atoms with Crippen LogP contribution in [0.3, 0.4) is 0 Å². The number of amides is 1. The van der Waals surface area contributed by atoms with E-state index in [4.69, 9.17) is 14.0 Å². The van der Waals surface area contributed by atoms with Gasteiger partial charge in [0.15, 0.2) is 0 Å². The number of hydrogen-bond acceptors (Lipinski definition) is 5. The summed E-state index contributed by atoms with van der Waals surface area (Å²) in [4.78, 5) is 24.3. The van der Waals surface area contributed by atoms with Crippen LogP contribution in [0.15, 0.2) is 72.2 Å². The van der Waals surface area contributed by atoms with Gasteiger partial charge in [0.2, 0.25) is 0 Å². The van der Waals surface area contributed by atoms with E-state index in [0.29, 0.717) is 5.47 Å². The number of hydrogen-bond donors (Lipinski definition) is 2. The molecule has 2 aliphatic rings. The van der Waals surface area contributed by atoms with E-state index in [9.17, 15) is 19.1 Å². The van der Waals surface area contributed by atoms with Crippen molar-refractivity contribution in [2.75, 3.05) is 13.2 Å². The molecule has 0 spiro atoms. The van der Waals surface area contributed by atoms with Crippen LogP contribution in [-0.4, -0.2) is 48.6 Å². The molecule has 1 saturated heterocycles. The predicted molar refractivity (Wildman–Crippen MR) is 150 cm³/mol. The van der Waals surface area contributed by atoms with Crippen molar-refractivity contribution in [3.05, 3.63) is 100 Å². The van der Waals surface area contributed by atoms with Gasteiger partial charge >= 0.3 is 19.2 Å². The zero-order valence-electron chi connectivity index (χ0n) is 22.9. The van der Waals surface area contributed by atoms with E-state index in [2.05, 4.69) is 17.4 Å². The van der Waals surface area contributed by atoms with E-state index in [-0.39, 0.29) is 24.6 Å². The standard InChI is InChI=1S/C31H31BFNO6/c1-30(2)31(3,4)40-32(39-30)20(16-19-10-9-15-25(27(19)33)28(35)36)17-34-29(37)38-18-26-23-13-7-5-11-21(23)22-12-6-8-14-24(22)26/h5-16,26H,17-18H2,1-4H3,(H,34,37)(H,35,36). The Labute approximate surface area is 233 Å². The van der Waals surface area contributed by atoms with Crippen LogP contribution >= 0.6 is 0 Å². The highest BCUT2D eigenvalue weighted by molar-refractivity contribution is 6.56. The lowest BCUT2D eigenvalue weighted by Crippen LogP contribution is -2.41. The second kappa shape index (κ2) is 10.6. The number of benzene rings is 3. The van der Waals surface area contributed by atoms with Crippen LogP contribution in [0.5, 0.6) is 0 Å². The van der Waals surface area contributed by atoms with E-state index in [1.807, 2.05) is 64.1 Å². The SMILES string of the molecule is CC1(C)OB(C(=Cc2cccc(C(=O)O)c2F)CNC(=O)OCC2c3ccccc3-c3ccccc32)OC1(C)C. The van der Waals surface area contributed by atoms with Gasteiger partial charge in [0.25, 0.3) is 0 Å². The van der Waals surface area contributed by atoms with Crippen LogP contribution in [-0.2, 0) is 14.0 Å². The Morgan fingerprint density at radius 1 is 0.950 bits per heavy atom. The van der Waals surface area contributed by atoms with Crippen molar-refractivity contribution in [3.63, 3.8) is 0 Å². The highest BCUT2D eigenvalue weighted by Crippen LogP contribution is 2.44. The number of carboxylic acid groups (broad SMARTS) is 1. The molecule has 1 amide bonds. The van der Waals surface area contributed by atoms with Gasteiger partial charge in [0, 0.05) is 18.0 Å². The van der Waals surface area contributed by atoms with Crippen molar-refractivity contribution in [2.45, 2.75) is 44.8 Å². The second-order valence-electron chi connectivity index (χ2n) is 11.0. The summed E-state index contributed by atoms with van der Waals surface area (Å²) in [7, 11) is -0.897. The maximum atomic E-state index is 15.0. The maximum Gasteiger partial charge on any atom is 0.492 e. The number of nitrogens with one attached hydrogen (secondary N) is 1. The largest absolute Gasteiger partial charge is 0.492 e. The molecular weight excluding hydrogens is 512 g/mol. The minimum absolute atomic E-state index is 0.0407. The minimum atomic E-state index is -1.37. The van der Waals surface area contributed by atoms with Gasteiger partial charge < -0.3 is 24.5 Å². The normalized spacial score (nSPS) is 17.3. The second-order valence-corrected chi connectivity index (χ2v) is 11.0. The monoisotopic (exact) mass is 543 g/mol. The van der Waals surface area contributed by atoms with Crippen molar-refractivity contribution in [3.8, 4) is 11.1 Å². The van der Waals surface area contributed by atoms with Crippen LogP contribution in [0.1, 0.15) is 60.7 Å². The molecule has 40 heavy (non-hydrogen) atoms. The topological polar surface area (TPSA) is 94.1 Å². The third-order valence-corrected chi connectivity index (χ3v) is 7.94. The van der Waals surface area contributed by atoms with E-state index in [0.717, 1.165) is 22.3 Å². The lowest BCUT2D eigenvalue weighted by molar-refractivity contribution is 0.00578. The van der Waals surface area contributed by atoms with Gasteiger partial charge in [-0.1, -0.05) is 66.7 Å². The van der Waals surface area contributed by atoms with Gasteiger partial charge in [0.05, 0.1) is 16.8 Å². The number of aromatic carboxylic acids is 1. The molecule has 3 aromatic carbocycles. The quantitative estimate of drug-likeness (QED) is 0.351. The number of ether oxygens (including phenoxy) is 1. The molecule has 3 aromatic rings. The van der Waals surface area contributed by atoms with Crippen molar-refractivity contribution in [1.29, 1.82) is 0 Å². The Morgan fingerprint density at radius 3 is 2.10 bits per heavy atom. The molecule has 1 heterocycles. The van der Waals surface area contributed by atoms with Gasteiger partial charge in [-0.3, -0.25) is 0 Å². The molecule has 0 radical (unpaired) electrons. The Balaban J connectivity index is 1.34. The molecule has 9 heteroatoms. The fourth-order valence-corrected chi connectivity index (χ4v) is 5.05. The first-order valence-corrected chi connectivity index (χ1v) is 13.2. The molecule has 1 aliphatic heterocycles. The average Bonchev–Trinajstić information content (AvgIpc) is 3.35. The molecule has 0 bridgehead atoms. The molecule has 0 aromatic heterocycles. The molecule has 7 nitrogen and oxygen atoms in total. The van der Waals surface area contributed by atoms with Crippen molar-refractivity contribution >= 4 is 25.3 Å². The average molecular weight is 543 g/mol. The van der Waals surface area contributed by atoms with E-state index in [1.165, 1.54) is 24.3 Å². The highest BCUT2D eigenvalue weighted by Gasteiger charge is 2.52. The number of carboxylic acids is 1. The fraction of sp³-hybridized carbons (Fsp3) is 0.290. The van der Waals surface area contributed by atoms with Crippen molar-refractivity contribution < 1.29 is 33.1 Å². The molecule has 2 N–H and O–H groups in total. The highest BCUT2D eigenvalue weighted by atomic mass is 19.1. The fourth-order valence-electron chi connectivity index (χ4n) is 5.05. The number of halogens is 1. The van der Waals surface area contributed by atoms with Crippen LogP contribution in [0.25, 0.3) is 17.2 Å². The lowest BCUT2D eigenvalue weighted by atomic mass is 9.77. The zero-order valence-corrected chi connectivity index (χ0v) is 22.9. The Kier molecular flexibility index (Phi) is 7.29. The molecular formula is C31H31BFNO6. The zero-order chi connectivity index (χ0) is 28.7. The van der Waals surface area contributed by atoms with Crippen molar-refractivity contribution in [1.82, 2.24) is 5.32 Å². The lowest BCUT2D eigenvalue weighted by Gasteiger charge is -2.32. The van der Waals surface area contributed by atoms with Gasteiger partial charge in [-0.15, -0.1) is 0 Å². The molecule has 1 aliphatic carbocycles. The molecule has 206 valence electrons. The van der Waals surface area contributed by atoms with E-state index in [1.54, 1.807) is 0 Å². The number of carbonyl (C=O) groups is 2. The Hall–Kier alpha value is -3.95. The van der Waals surface area contributed by atoms with Gasteiger partial charge in [0.1, 0.15) is 12.4 Å². The number of rotatable bonds is 7. The molecule has 1 fully saturated rings. The molecule has 0 atom stereocenters. The third kappa shape index (κ3) is 5.14. The summed E-state index contributed by atoms with van der Waals surface area (Å²) in [6.07, 6.45) is 0.803. The van der Waals surface area contributed by atoms with Crippen LogP contribution in [0.2, 0.25) is 0 Å². The number of alkyl carbamates (subject to hydrolysis) is 1. The van der Waals surface area contributed by atoms with Gasteiger partial charge in [-0.05, 0) is 61.5 Å². The summed E-state index contributed by atoms with van der Waals surface area (Å²) >= 11 is 0. The smallest absolute Gasteiger partial charge is 0.478 e. The molecule has 0 saturated carbocycles. The molecule has 5 rings (SSSR count). The van der Waals surface area contributed by atoms with E-state index >= 15 is 0 Å². The van der Waals surface area contributed by atoms with E-state index < -0.39 is 41.8 Å². The molecule has 0 unspecified atom stereocenters.